The zero-order valence-electron chi connectivity index (χ0n) is 11.5. The van der Waals surface area contributed by atoms with E-state index in [0.717, 1.165) is 17.0 Å². The van der Waals surface area contributed by atoms with Crippen LogP contribution in [-0.2, 0) is 9.59 Å². The number of fused-ring (bicyclic) bond motifs is 1. The van der Waals surface area contributed by atoms with Crippen LogP contribution in [0.15, 0.2) is 23.1 Å². The largest absolute Gasteiger partial charge is 0.399 e. The first-order valence-electron chi connectivity index (χ1n) is 6.68. The Morgan fingerprint density at radius 2 is 2.20 bits per heavy atom. The number of hydrogen-bond acceptors (Lipinski definition) is 4. The molecule has 4 N–H and O–H groups in total. The van der Waals surface area contributed by atoms with Gasteiger partial charge in [0.2, 0.25) is 11.8 Å². The summed E-state index contributed by atoms with van der Waals surface area (Å²) in [7, 11) is 0. The molecule has 1 heterocycles. The fourth-order valence-electron chi connectivity index (χ4n) is 2.24. The van der Waals surface area contributed by atoms with Crippen molar-refractivity contribution in [2.45, 2.75) is 36.3 Å². The summed E-state index contributed by atoms with van der Waals surface area (Å²) in [4.78, 5) is 26.0. The molecule has 0 radical (unpaired) electrons. The molecule has 1 aliphatic heterocycles. The van der Waals surface area contributed by atoms with E-state index in [4.69, 9.17) is 11.5 Å². The van der Waals surface area contributed by atoms with Crippen LogP contribution in [0.3, 0.4) is 0 Å². The second-order valence-electron chi connectivity index (χ2n) is 4.80. The lowest BCUT2D eigenvalue weighted by molar-refractivity contribution is -0.119. The molecule has 2 amide bonds. The van der Waals surface area contributed by atoms with Gasteiger partial charge in [0.1, 0.15) is 0 Å². The van der Waals surface area contributed by atoms with Crippen molar-refractivity contribution in [3.63, 3.8) is 0 Å². The molecule has 0 saturated heterocycles. The smallest absolute Gasteiger partial charge is 0.240 e. The van der Waals surface area contributed by atoms with Gasteiger partial charge in [-0.2, -0.15) is 0 Å². The molecule has 20 heavy (non-hydrogen) atoms. The third-order valence-corrected chi connectivity index (χ3v) is 4.66. The van der Waals surface area contributed by atoms with Crippen LogP contribution in [0, 0.1) is 0 Å². The van der Waals surface area contributed by atoms with Gasteiger partial charge in [0.05, 0.1) is 10.9 Å². The van der Waals surface area contributed by atoms with E-state index in [1.54, 1.807) is 22.7 Å². The molecule has 0 spiro atoms. The maximum absolute atomic E-state index is 12.4. The van der Waals surface area contributed by atoms with E-state index < -0.39 is 0 Å². The number of thioether (sulfide) groups is 1. The van der Waals surface area contributed by atoms with E-state index in [9.17, 15) is 9.59 Å². The minimum atomic E-state index is -0.339. The van der Waals surface area contributed by atoms with Crippen LogP contribution < -0.4 is 16.4 Å². The quantitative estimate of drug-likeness (QED) is 0.809. The number of amides is 2. The van der Waals surface area contributed by atoms with Crippen molar-refractivity contribution < 1.29 is 9.59 Å². The van der Waals surface area contributed by atoms with Crippen molar-refractivity contribution >= 4 is 35.0 Å². The fourth-order valence-corrected chi connectivity index (χ4v) is 3.45. The summed E-state index contributed by atoms with van der Waals surface area (Å²) in [5.74, 6) is -0.243. The molecule has 0 aliphatic carbocycles. The number of nitrogens with zero attached hydrogens (tertiary/aromatic N) is 1. The van der Waals surface area contributed by atoms with E-state index in [1.807, 2.05) is 19.1 Å². The van der Waals surface area contributed by atoms with Crippen LogP contribution in [0.4, 0.5) is 11.4 Å². The van der Waals surface area contributed by atoms with Gasteiger partial charge >= 0.3 is 0 Å². The normalized spacial score (nSPS) is 17.9. The molecule has 5 nitrogen and oxygen atoms in total. The lowest BCUT2D eigenvalue weighted by Crippen LogP contribution is -2.41. The van der Waals surface area contributed by atoms with E-state index in [0.29, 0.717) is 18.7 Å². The van der Waals surface area contributed by atoms with Crippen molar-refractivity contribution in [1.29, 1.82) is 0 Å². The lowest BCUT2D eigenvalue weighted by Gasteiger charge is -2.33. The van der Waals surface area contributed by atoms with E-state index in [-0.39, 0.29) is 23.5 Å². The number of carbonyl (C=O) groups excluding carboxylic acids is 2. The zero-order valence-corrected chi connectivity index (χ0v) is 12.3. The minimum absolute atomic E-state index is 0.0853. The van der Waals surface area contributed by atoms with Gasteiger partial charge in [-0.25, -0.2) is 0 Å². The molecule has 2 rings (SSSR count). The van der Waals surface area contributed by atoms with E-state index >= 15 is 0 Å². The summed E-state index contributed by atoms with van der Waals surface area (Å²) < 4.78 is 0. The Morgan fingerprint density at radius 1 is 1.45 bits per heavy atom. The summed E-state index contributed by atoms with van der Waals surface area (Å²) in [6, 6.07) is 5.56. The number of anilines is 2. The average Bonchev–Trinajstić information content (AvgIpc) is 2.40. The van der Waals surface area contributed by atoms with Crippen molar-refractivity contribution in [2.24, 2.45) is 5.73 Å². The van der Waals surface area contributed by atoms with Crippen LogP contribution >= 0.6 is 11.8 Å². The highest BCUT2D eigenvalue weighted by Crippen LogP contribution is 2.41. The number of nitrogen functional groups attached to an aromatic ring is 1. The van der Waals surface area contributed by atoms with Crippen LogP contribution in [0.2, 0.25) is 0 Å². The molecule has 0 fully saturated rings. The number of carbonyl (C=O) groups is 2. The van der Waals surface area contributed by atoms with Gasteiger partial charge in [0.15, 0.2) is 0 Å². The molecule has 6 heteroatoms. The van der Waals surface area contributed by atoms with Gasteiger partial charge < -0.3 is 16.4 Å². The molecule has 1 aromatic rings. The van der Waals surface area contributed by atoms with Gasteiger partial charge in [-0.15, -0.1) is 11.8 Å². The highest BCUT2D eigenvalue weighted by Gasteiger charge is 2.32. The number of hydrogen-bond donors (Lipinski definition) is 2. The molecule has 108 valence electrons. The lowest BCUT2D eigenvalue weighted by atomic mass is 10.2. The molecule has 0 bridgehead atoms. The van der Waals surface area contributed by atoms with Crippen molar-refractivity contribution in [1.82, 2.24) is 0 Å². The van der Waals surface area contributed by atoms with Gasteiger partial charge in [-0.1, -0.05) is 6.92 Å². The van der Waals surface area contributed by atoms with Gasteiger partial charge in [-0.3, -0.25) is 9.59 Å². The Hall–Kier alpha value is -1.69. The van der Waals surface area contributed by atoms with Crippen LogP contribution in [0.25, 0.3) is 0 Å². The van der Waals surface area contributed by atoms with Crippen LogP contribution in [0.5, 0.6) is 0 Å². The maximum atomic E-state index is 12.4. The zero-order chi connectivity index (χ0) is 14.7. The second kappa shape index (κ2) is 6.17. The average molecular weight is 293 g/mol. The topological polar surface area (TPSA) is 89.4 Å². The minimum Gasteiger partial charge on any atom is -0.399 e. The highest BCUT2D eigenvalue weighted by atomic mass is 32.2. The maximum Gasteiger partial charge on any atom is 0.240 e. The first-order chi connectivity index (χ1) is 9.52. The Labute approximate surface area is 122 Å². The van der Waals surface area contributed by atoms with Crippen molar-refractivity contribution in [3.8, 4) is 0 Å². The second-order valence-corrected chi connectivity index (χ2v) is 6.05. The molecule has 1 aliphatic rings. The van der Waals surface area contributed by atoms with Crippen molar-refractivity contribution in [3.05, 3.63) is 18.2 Å². The van der Waals surface area contributed by atoms with Crippen molar-refractivity contribution in [2.75, 3.05) is 17.2 Å². The summed E-state index contributed by atoms with van der Waals surface area (Å²) in [6.07, 6.45) is 1.63. The molecular weight excluding hydrogens is 274 g/mol. The third-order valence-electron chi connectivity index (χ3n) is 3.26. The predicted octanol–water partition coefficient (Wildman–Crippen LogP) is 1.75. The summed E-state index contributed by atoms with van der Waals surface area (Å²) in [5, 5.41) is -0.0853. The first-order valence-corrected chi connectivity index (χ1v) is 7.56. The van der Waals surface area contributed by atoms with E-state index in [2.05, 4.69) is 0 Å². The first kappa shape index (κ1) is 14.7. The molecule has 1 unspecified atom stereocenters. The Bertz CT molecular complexity index is 533. The Kier molecular flexibility index (Phi) is 4.54. The number of nitrogens with two attached hydrogens (primary N) is 2. The van der Waals surface area contributed by atoms with Gasteiger partial charge in [-0.05, 0) is 31.0 Å². The fraction of sp³-hybridized carbons (Fsp3) is 0.429. The predicted molar refractivity (Wildman–Crippen MR) is 81.6 cm³/mol. The number of primary amides is 1. The number of rotatable bonds is 5. The van der Waals surface area contributed by atoms with E-state index in [1.165, 1.54) is 0 Å². The molecule has 0 aromatic heterocycles. The van der Waals surface area contributed by atoms with Crippen LogP contribution in [0.1, 0.15) is 26.2 Å². The molecule has 1 atom stereocenters. The summed E-state index contributed by atoms with van der Waals surface area (Å²) >= 11 is 1.56. The number of benzene rings is 1. The summed E-state index contributed by atoms with van der Waals surface area (Å²) in [5.41, 5.74) is 12.5. The molecule has 0 saturated carbocycles. The molecular formula is C14H19N3O2S. The Balaban J connectivity index is 2.24. The summed E-state index contributed by atoms with van der Waals surface area (Å²) in [6.45, 7) is 2.50. The third kappa shape index (κ3) is 3.07. The van der Waals surface area contributed by atoms with Gasteiger partial charge in [0.25, 0.3) is 0 Å². The van der Waals surface area contributed by atoms with Crippen LogP contribution in [-0.4, -0.2) is 23.6 Å². The highest BCUT2D eigenvalue weighted by molar-refractivity contribution is 8.01. The molecule has 1 aromatic carbocycles. The standard InChI is InChI=1S/C14H19N3O2S/c1-2-11-14(19)17(7-3-4-13(16)18)10-6-5-9(15)8-12(10)20-11/h5-6,8,11H,2-4,7,15H2,1H3,(H2,16,18). The SMILES string of the molecule is CCC1Sc2cc(N)ccc2N(CCCC(N)=O)C1=O. The van der Waals surface area contributed by atoms with Gasteiger partial charge in [0, 0.05) is 23.5 Å². The Morgan fingerprint density at radius 3 is 2.85 bits per heavy atom. The monoisotopic (exact) mass is 293 g/mol.